The summed E-state index contributed by atoms with van der Waals surface area (Å²) in [6.07, 6.45) is 0. The predicted molar refractivity (Wildman–Crippen MR) is 128 cm³/mol. The Kier molecular flexibility index (Phi) is 6.18. The number of carbonyl (C=O) groups is 1. The van der Waals surface area contributed by atoms with E-state index < -0.39 is 0 Å². The Morgan fingerprint density at radius 3 is 2.47 bits per heavy atom. The van der Waals surface area contributed by atoms with E-state index in [0.717, 1.165) is 31.3 Å². The second-order valence-electron chi connectivity index (χ2n) is 6.75. The molecule has 4 aromatic carbocycles. The van der Waals surface area contributed by atoms with Crippen LogP contribution in [0.25, 0.3) is 10.8 Å². The molecule has 0 aliphatic heterocycles. The van der Waals surface area contributed by atoms with Gasteiger partial charge < -0.3 is 14.8 Å². The largest absolute Gasteiger partial charge is 0.496 e. The Morgan fingerprint density at radius 1 is 0.900 bits per heavy atom. The lowest BCUT2D eigenvalue weighted by Crippen LogP contribution is -2.12. The van der Waals surface area contributed by atoms with E-state index in [1.165, 1.54) is 0 Å². The first-order valence-electron chi connectivity index (χ1n) is 9.48. The van der Waals surface area contributed by atoms with Gasteiger partial charge >= 0.3 is 0 Å². The lowest BCUT2D eigenvalue weighted by Gasteiger charge is -2.13. The molecule has 0 aliphatic rings. The number of amides is 1. The van der Waals surface area contributed by atoms with Crippen LogP contribution in [-0.4, -0.2) is 13.0 Å². The number of ether oxygens (including phenoxy) is 2. The summed E-state index contributed by atoms with van der Waals surface area (Å²) in [6.45, 7) is 0.293. The van der Waals surface area contributed by atoms with Crippen molar-refractivity contribution in [1.29, 1.82) is 0 Å². The Labute approximate surface area is 189 Å². The number of nitrogens with one attached hydrogen (secondary N) is 1. The van der Waals surface area contributed by atoms with E-state index in [4.69, 9.17) is 9.47 Å². The maximum absolute atomic E-state index is 12.7. The number of fused-ring (bicyclic) bond motifs is 1. The Balaban J connectivity index is 1.55. The summed E-state index contributed by atoms with van der Waals surface area (Å²) in [6, 6.07) is 27.1. The number of hydrogen-bond acceptors (Lipinski definition) is 3. The van der Waals surface area contributed by atoms with Gasteiger partial charge in [-0.25, -0.2) is 0 Å². The number of anilines is 1. The van der Waals surface area contributed by atoms with Crippen LogP contribution in [0.2, 0.25) is 0 Å². The van der Waals surface area contributed by atoms with Gasteiger partial charge in [-0.05, 0) is 76.5 Å². The minimum atomic E-state index is -0.176. The van der Waals surface area contributed by atoms with Crippen LogP contribution < -0.4 is 14.8 Å². The fourth-order valence-corrected chi connectivity index (χ4v) is 3.61. The zero-order chi connectivity index (χ0) is 20.9. The molecule has 30 heavy (non-hydrogen) atoms. The van der Waals surface area contributed by atoms with Crippen molar-refractivity contribution >= 4 is 45.0 Å². The lowest BCUT2D eigenvalue weighted by molar-refractivity contribution is 0.102. The highest BCUT2D eigenvalue weighted by Gasteiger charge is 2.12. The van der Waals surface area contributed by atoms with Crippen LogP contribution in [0.4, 0.5) is 5.69 Å². The van der Waals surface area contributed by atoms with Crippen LogP contribution in [0.15, 0.2) is 84.9 Å². The van der Waals surface area contributed by atoms with E-state index in [1.807, 2.05) is 60.7 Å². The monoisotopic (exact) mass is 509 g/mol. The highest BCUT2D eigenvalue weighted by molar-refractivity contribution is 14.1. The van der Waals surface area contributed by atoms with Crippen molar-refractivity contribution < 1.29 is 14.3 Å². The van der Waals surface area contributed by atoms with Crippen LogP contribution in [-0.2, 0) is 6.61 Å². The van der Waals surface area contributed by atoms with E-state index >= 15 is 0 Å². The van der Waals surface area contributed by atoms with Crippen molar-refractivity contribution in [2.45, 2.75) is 6.61 Å². The lowest BCUT2D eigenvalue weighted by atomic mass is 10.1. The average Bonchev–Trinajstić information content (AvgIpc) is 2.79. The molecule has 4 rings (SSSR count). The first-order chi connectivity index (χ1) is 14.6. The average molecular weight is 509 g/mol. The third-order valence-electron chi connectivity index (χ3n) is 4.78. The molecular formula is C25H20INO3. The van der Waals surface area contributed by atoms with Gasteiger partial charge in [0.15, 0.2) is 0 Å². The number of benzene rings is 4. The smallest absolute Gasteiger partial charge is 0.255 e. The zero-order valence-electron chi connectivity index (χ0n) is 16.4. The van der Waals surface area contributed by atoms with E-state index in [2.05, 4.69) is 40.0 Å². The summed E-state index contributed by atoms with van der Waals surface area (Å²) >= 11 is 2.23. The van der Waals surface area contributed by atoms with Gasteiger partial charge in [0.25, 0.3) is 5.91 Å². The van der Waals surface area contributed by atoms with Gasteiger partial charge in [-0.15, -0.1) is 0 Å². The van der Waals surface area contributed by atoms with Crippen molar-refractivity contribution in [1.82, 2.24) is 0 Å². The van der Waals surface area contributed by atoms with E-state index in [0.29, 0.717) is 17.9 Å². The maximum atomic E-state index is 12.7. The van der Waals surface area contributed by atoms with Crippen molar-refractivity contribution in [3.63, 3.8) is 0 Å². The third kappa shape index (κ3) is 4.57. The molecule has 4 aromatic rings. The van der Waals surface area contributed by atoms with E-state index in [1.54, 1.807) is 19.2 Å². The van der Waals surface area contributed by atoms with Crippen LogP contribution >= 0.6 is 22.6 Å². The zero-order valence-corrected chi connectivity index (χ0v) is 18.6. The number of carbonyl (C=O) groups excluding carboxylic acids is 1. The molecule has 0 unspecified atom stereocenters. The van der Waals surface area contributed by atoms with Gasteiger partial charge in [0.1, 0.15) is 18.1 Å². The van der Waals surface area contributed by atoms with Gasteiger partial charge in [0.05, 0.1) is 7.11 Å². The molecule has 0 aromatic heterocycles. The number of halogens is 1. The van der Waals surface area contributed by atoms with Crippen molar-refractivity contribution in [2.24, 2.45) is 0 Å². The number of hydrogen-bond donors (Lipinski definition) is 1. The molecule has 0 heterocycles. The Morgan fingerprint density at radius 2 is 1.67 bits per heavy atom. The number of rotatable bonds is 6. The molecule has 0 aliphatic carbocycles. The first kappa shape index (κ1) is 20.2. The summed E-state index contributed by atoms with van der Waals surface area (Å²) in [5.41, 5.74) is 2.11. The summed E-state index contributed by atoms with van der Waals surface area (Å²) in [4.78, 5) is 12.7. The Hall–Kier alpha value is -3.06. The minimum absolute atomic E-state index is 0.176. The van der Waals surface area contributed by atoms with E-state index in [-0.39, 0.29) is 5.91 Å². The molecule has 0 atom stereocenters. The summed E-state index contributed by atoms with van der Waals surface area (Å²) in [7, 11) is 1.61. The van der Waals surface area contributed by atoms with Gasteiger partial charge in [-0.3, -0.25) is 4.79 Å². The molecule has 0 bridgehead atoms. The highest BCUT2D eigenvalue weighted by atomic mass is 127. The van der Waals surface area contributed by atoms with Crippen LogP contribution in [0.3, 0.4) is 0 Å². The molecule has 4 nitrogen and oxygen atoms in total. The fourth-order valence-electron chi connectivity index (χ4n) is 3.25. The molecule has 0 radical (unpaired) electrons. The molecule has 1 amide bonds. The Bertz CT molecular complexity index is 1180. The van der Waals surface area contributed by atoms with Crippen molar-refractivity contribution in [2.75, 3.05) is 12.4 Å². The molecule has 150 valence electrons. The SMILES string of the molecule is COc1ccc(C(=O)Nc2ccc(I)cc2)cc1COc1cccc2ccccc12. The van der Waals surface area contributed by atoms with Gasteiger partial charge in [0, 0.05) is 25.8 Å². The van der Waals surface area contributed by atoms with Gasteiger partial charge in [0.2, 0.25) is 0 Å². The molecule has 0 saturated heterocycles. The molecule has 5 heteroatoms. The minimum Gasteiger partial charge on any atom is -0.496 e. The summed E-state index contributed by atoms with van der Waals surface area (Å²) < 4.78 is 12.7. The maximum Gasteiger partial charge on any atom is 0.255 e. The second kappa shape index (κ2) is 9.17. The fraction of sp³-hybridized carbons (Fsp3) is 0.0800. The molecular weight excluding hydrogens is 489 g/mol. The van der Waals surface area contributed by atoms with Crippen LogP contribution in [0.5, 0.6) is 11.5 Å². The molecule has 0 fully saturated rings. The molecule has 0 saturated carbocycles. The third-order valence-corrected chi connectivity index (χ3v) is 5.50. The molecule has 0 spiro atoms. The highest BCUT2D eigenvalue weighted by Crippen LogP contribution is 2.28. The predicted octanol–water partition coefficient (Wildman–Crippen LogP) is 6.28. The van der Waals surface area contributed by atoms with Gasteiger partial charge in [-0.2, -0.15) is 0 Å². The van der Waals surface area contributed by atoms with E-state index in [9.17, 15) is 4.79 Å². The van der Waals surface area contributed by atoms with Crippen molar-refractivity contribution in [3.8, 4) is 11.5 Å². The van der Waals surface area contributed by atoms with Crippen LogP contribution in [0.1, 0.15) is 15.9 Å². The van der Waals surface area contributed by atoms with Gasteiger partial charge in [-0.1, -0.05) is 36.4 Å². The molecule has 1 N–H and O–H groups in total. The normalized spacial score (nSPS) is 10.6. The number of methoxy groups -OCH3 is 1. The van der Waals surface area contributed by atoms with Crippen molar-refractivity contribution in [3.05, 3.63) is 99.6 Å². The standard InChI is InChI=1S/C25H20INO3/c1-29-23-14-9-18(25(28)27-21-12-10-20(26)11-13-21)15-19(23)16-30-24-8-4-6-17-5-2-3-7-22(17)24/h2-15H,16H2,1H3,(H,27,28). The quantitative estimate of drug-likeness (QED) is 0.311. The topological polar surface area (TPSA) is 47.6 Å². The second-order valence-corrected chi connectivity index (χ2v) is 8.00. The summed E-state index contributed by atoms with van der Waals surface area (Å²) in [5.74, 6) is 1.30. The van der Waals surface area contributed by atoms with Crippen LogP contribution in [0, 0.1) is 3.57 Å². The first-order valence-corrected chi connectivity index (χ1v) is 10.6. The summed E-state index contributed by atoms with van der Waals surface area (Å²) in [5, 5.41) is 5.09.